The second-order valence-electron chi connectivity index (χ2n) is 8.49. The van der Waals surface area contributed by atoms with Gasteiger partial charge in [-0.3, -0.25) is 9.98 Å². The number of ether oxygens (including phenoxy) is 4. The number of benzene rings is 4. The second-order valence-corrected chi connectivity index (χ2v) is 8.49. The summed E-state index contributed by atoms with van der Waals surface area (Å²) in [4.78, 5) is 8.90. The van der Waals surface area contributed by atoms with Crippen LogP contribution >= 0.6 is 0 Å². The van der Waals surface area contributed by atoms with Gasteiger partial charge in [-0.25, -0.2) is 0 Å². The number of rotatable bonds is 15. The van der Waals surface area contributed by atoms with Crippen LogP contribution in [0, 0.1) is 0 Å². The van der Waals surface area contributed by atoms with Crippen molar-refractivity contribution in [1.29, 1.82) is 0 Å². The molecule has 0 atom stereocenters. The van der Waals surface area contributed by atoms with Crippen LogP contribution in [0.1, 0.15) is 11.1 Å². The summed E-state index contributed by atoms with van der Waals surface area (Å²) in [5.41, 5.74) is 2.60. The quantitative estimate of drug-likeness (QED) is 0.140. The Bertz CT molecular complexity index is 1300. The molecule has 4 aromatic rings. The third-order valence-electron chi connectivity index (χ3n) is 5.63. The summed E-state index contributed by atoms with van der Waals surface area (Å²) in [5, 5.41) is 19.8. The van der Waals surface area contributed by atoms with E-state index in [0.717, 1.165) is 0 Å². The third-order valence-corrected chi connectivity index (χ3v) is 5.63. The predicted molar refractivity (Wildman–Crippen MR) is 156 cm³/mol. The molecule has 0 heterocycles. The van der Waals surface area contributed by atoms with E-state index in [0.29, 0.717) is 73.6 Å². The van der Waals surface area contributed by atoms with Crippen molar-refractivity contribution in [2.75, 3.05) is 39.6 Å². The first-order valence-corrected chi connectivity index (χ1v) is 12.9. The number of aliphatic imine (C=N–C) groups is 2. The van der Waals surface area contributed by atoms with Crippen LogP contribution in [0.15, 0.2) is 107 Å². The van der Waals surface area contributed by atoms with Crippen molar-refractivity contribution in [2.24, 2.45) is 9.98 Å². The standard InChI is InChI=1S/C32H32N2O6/c35-29-13-5-1-9-25(29)23-33-27-11-3-7-15-31(27)39-21-19-37-17-18-38-20-22-40-32-16-8-4-12-28(32)34-24-26-10-2-6-14-30(26)36/h1-16,23-24,35-36H,17-22H2. The van der Waals surface area contributed by atoms with Crippen molar-refractivity contribution in [1.82, 2.24) is 0 Å². The molecule has 40 heavy (non-hydrogen) atoms. The highest BCUT2D eigenvalue weighted by Gasteiger charge is 2.04. The van der Waals surface area contributed by atoms with Gasteiger partial charge in [-0.2, -0.15) is 0 Å². The van der Waals surface area contributed by atoms with Gasteiger partial charge in [0.15, 0.2) is 0 Å². The first-order chi connectivity index (χ1) is 19.7. The molecular weight excluding hydrogens is 508 g/mol. The molecule has 8 nitrogen and oxygen atoms in total. The number of phenolic OH excluding ortho intramolecular Hbond substituents is 2. The molecule has 0 unspecified atom stereocenters. The summed E-state index contributed by atoms with van der Waals surface area (Å²) >= 11 is 0. The Balaban J connectivity index is 1.11. The van der Waals surface area contributed by atoms with E-state index in [1.165, 1.54) is 0 Å². The molecule has 0 fully saturated rings. The van der Waals surface area contributed by atoms with Crippen molar-refractivity contribution in [3.8, 4) is 23.0 Å². The Labute approximate surface area is 233 Å². The van der Waals surface area contributed by atoms with E-state index < -0.39 is 0 Å². The van der Waals surface area contributed by atoms with Crippen molar-refractivity contribution in [2.45, 2.75) is 0 Å². The van der Waals surface area contributed by atoms with Crippen molar-refractivity contribution < 1.29 is 29.2 Å². The fourth-order valence-electron chi connectivity index (χ4n) is 3.59. The van der Waals surface area contributed by atoms with Crippen LogP contribution in [0.5, 0.6) is 23.0 Å². The molecule has 0 spiro atoms. The van der Waals surface area contributed by atoms with Gasteiger partial charge in [-0.1, -0.05) is 48.5 Å². The van der Waals surface area contributed by atoms with E-state index in [1.807, 2.05) is 60.7 Å². The van der Waals surface area contributed by atoms with Gasteiger partial charge in [0.05, 0.1) is 26.4 Å². The Morgan fingerprint density at radius 1 is 0.475 bits per heavy atom. The maximum atomic E-state index is 9.91. The molecule has 0 aromatic heterocycles. The Hall–Kier alpha value is -4.66. The largest absolute Gasteiger partial charge is 0.507 e. The Morgan fingerprint density at radius 3 is 1.30 bits per heavy atom. The SMILES string of the molecule is Oc1ccccc1C=Nc1ccccc1OCCOCCOCCOc1ccccc1N=Cc1ccccc1O. The van der Waals surface area contributed by atoms with Gasteiger partial charge in [-0.05, 0) is 48.5 Å². The molecule has 0 saturated heterocycles. The van der Waals surface area contributed by atoms with Gasteiger partial charge < -0.3 is 29.2 Å². The monoisotopic (exact) mass is 540 g/mol. The summed E-state index contributed by atoms with van der Waals surface area (Å²) in [7, 11) is 0. The second kappa shape index (κ2) is 15.7. The van der Waals surface area contributed by atoms with Crippen LogP contribution in [0.4, 0.5) is 11.4 Å². The number of phenols is 2. The van der Waals surface area contributed by atoms with Gasteiger partial charge >= 0.3 is 0 Å². The molecule has 0 bridgehead atoms. The maximum Gasteiger partial charge on any atom is 0.145 e. The van der Waals surface area contributed by atoms with Crippen molar-refractivity contribution in [3.63, 3.8) is 0 Å². The van der Waals surface area contributed by atoms with Gasteiger partial charge in [0, 0.05) is 23.6 Å². The lowest BCUT2D eigenvalue weighted by Crippen LogP contribution is -2.13. The van der Waals surface area contributed by atoms with Crippen molar-refractivity contribution >= 4 is 23.8 Å². The van der Waals surface area contributed by atoms with Gasteiger partial charge in [0.2, 0.25) is 0 Å². The first kappa shape index (κ1) is 28.4. The lowest BCUT2D eigenvalue weighted by atomic mass is 10.2. The third kappa shape index (κ3) is 8.97. The molecule has 0 aliphatic carbocycles. The molecule has 2 N–H and O–H groups in total. The molecule has 0 aliphatic rings. The fraction of sp³-hybridized carbons (Fsp3) is 0.188. The van der Waals surface area contributed by atoms with Crippen LogP contribution in [0.25, 0.3) is 0 Å². The van der Waals surface area contributed by atoms with E-state index in [2.05, 4.69) is 9.98 Å². The lowest BCUT2D eigenvalue weighted by Gasteiger charge is -2.10. The predicted octanol–water partition coefficient (Wildman–Crippen LogP) is 6.09. The average Bonchev–Trinajstić information content (AvgIpc) is 2.98. The fourth-order valence-corrected chi connectivity index (χ4v) is 3.59. The minimum atomic E-state index is 0.173. The molecule has 4 aromatic carbocycles. The molecule has 0 radical (unpaired) electrons. The van der Waals surface area contributed by atoms with Crippen LogP contribution in [-0.2, 0) is 9.47 Å². The summed E-state index contributed by atoms with van der Waals surface area (Å²) < 4.78 is 22.9. The minimum absolute atomic E-state index is 0.173. The minimum Gasteiger partial charge on any atom is -0.507 e. The average molecular weight is 541 g/mol. The molecule has 0 saturated carbocycles. The molecule has 4 rings (SSSR count). The van der Waals surface area contributed by atoms with E-state index in [9.17, 15) is 10.2 Å². The van der Waals surface area contributed by atoms with Crippen LogP contribution in [0.3, 0.4) is 0 Å². The van der Waals surface area contributed by atoms with E-state index in [4.69, 9.17) is 18.9 Å². The van der Waals surface area contributed by atoms with Gasteiger partial charge in [0.25, 0.3) is 0 Å². The summed E-state index contributed by atoms with van der Waals surface area (Å²) in [5.74, 6) is 1.62. The zero-order valence-corrected chi connectivity index (χ0v) is 22.1. The summed E-state index contributed by atoms with van der Waals surface area (Å²) in [6, 6.07) is 28.9. The van der Waals surface area contributed by atoms with Crippen LogP contribution in [-0.4, -0.2) is 62.3 Å². The summed E-state index contributed by atoms with van der Waals surface area (Å²) in [6.07, 6.45) is 3.22. The molecule has 0 amide bonds. The van der Waals surface area contributed by atoms with E-state index in [1.54, 1.807) is 48.8 Å². The van der Waals surface area contributed by atoms with E-state index >= 15 is 0 Å². The summed E-state index contributed by atoms with van der Waals surface area (Å²) in [6.45, 7) is 2.39. The Kier molecular flexibility index (Phi) is 11.1. The number of hydrogen-bond acceptors (Lipinski definition) is 8. The molecule has 0 aliphatic heterocycles. The number of nitrogens with zero attached hydrogens (tertiary/aromatic N) is 2. The Morgan fingerprint density at radius 2 is 0.850 bits per heavy atom. The normalized spacial score (nSPS) is 11.3. The smallest absolute Gasteiger partial charge is 0.145 e. The number of aromatic hydroxyl groups is 2. The van der Waals surface area contributed by atoms with Gasteiger partial charge in [0.1, 0.15) is 47.6 Å². The molecule has 206 valence electrons. The van der Waals surface area contributed by atoms with Gasteiger partial charge in [-0.15, -0.1) is 0 Å². The molecule has 8 heteroatoms. The zero-order chi connectivity index (χ0) is 27.8. The highest BCUT2D eigenvalue weighted by Crippen LogP contribution is 2.28. The van der Waals surface area contributed by atoms with Crippen molar-refractivity contribution in [3.05, 3.63) is 108 Å². The maximum absolute atomic E-state index is 9.91. The number of para-hydroxylation sites is 6. The highest BCUT2D eigenvalue weighted by atomic mass is 16.6. The zero-order valence-electron chi connectivity index (χ0n) is 22.1. The number of hydrogen-bond donors (Lipinski definition) is 2. The topological polar surface area (TPSA) is 102 Å². The first-order valence-electron chi connectivity index (χ1n) is 12.9. The molecular formula is C32H32N2O6. The highest BCUT2D eigenvalue weighted by molar-refractivity contribution is 5.86. The van der Waals surface area contributed by atoms with Crippen LogP contribution < -0.4 is 9.47 Å². The lowest BCUT2D eigenvalue weighted by molar-refractivity contribution is 0.0275. The van der Waals surface area contributed by atoms with Crippen LogP contribution in [0.2, 0.25) is 0 Å². The van der Waals surface area contributed by atoms with E-state index in [-0.39, 0.29) is 11.5 Å².